The Morgan fingerprint density at radius 2 is 2.12 bits per heavy atom. The predicted molar refractivity (Wildman–Crippen MR) is 56.5 cm³/mol. The van der Waals surface area contributed by atoms with Crippen molar-refractivity contribution in [2.45, 2.75) is 6.04 Å². The first-order valence-electron chi connectivity index (χ1n) is 5.20. The smallest absolute Gasteiger partial charge is 0.172 e. The number of ether oxygens (including phenoxy) is 1. The van der Waals surface area contributed by atoms with Gasteiger partial charge in [-0.15, -0.1) is 0 Å². The lowest BCUT2D eigenvalue weighted by Crippen LogP contribution is -2.43. The Morgan fingerprint density at radius 1 is 1.31 bits per heavy atom. The minimum absolute atomic E-state index is 0.0477. The number of halogens is 2. The average molecular weight is 228 g/mol. The van der Waals surface area contributed by atoms with Gasteiger partial charge in [0.15, 0.2) is 11.6 Å². The maximum atomic E-state index is 13.9. The molecule has 1 aliphatic heterocycles. The number of nitrogens with one attached hydrogen (secondary N) is 2. The van der Waals surface area contributed by atoms with E-state index in [1.165, 1.54) is 19.2 Å². The van der Waals surface area contributed by atoms with Crippen molar-refractivity contribution in [2.75, 3.05) is 26.7 Å². The van der Waals surface area contributed by atoms with E-state index < -0.39 is 11.6 Å². The van der Waals surface area contributed by atoms with Crippen molar-refractivity contribution in [1.82, 2.24) is 10.6 Å². The molecule has 1 aromatic carbocycles. The van der Waals surface area contributed by atoms with Crippen LogP contribution in [0.15, 0.2) is 12.1 Å². The molecule has 0 radical (unpaired) electrons. The zero-order valence-electron chi connectivity index (χ0n) is 9.02. The summed E-state index contributed by atoms with van der Waals surface area (Å²) >= 11 is 0. The molecule has 1 fully saturated rings. The van der Waals surface area contributed by atoms with Gasteiger partial charge in [0.2, 0.25) is 0 Å². The van der Waals surface area contributed by atoms with Gasteiger partial charge in [-0.25, -0.2) is 8.78 Å². The van der Waals surface area contributed by atoms with Gasteiger partial charge in [0.1, 0.15) is 5.82 Å². The maximum absolute atomic E-state index is 13.9. The van der Waals surface area contributed by atoms with Crippen molar-refractivity contribution in [3.05, 3.63) is 29.3 Å². The van der Waals surface area contributed by atoms with E-state index in [2.05, 4.69) is 10.6 Å². The van der Waals surface area contributed by atoms with Crippen LogP contribution in [-0.2, 0) is 0 Å². The molecular formula is C11H14F2N2O. The van der Waals surface area contributed by atoms with Crippen LogP contribution in [-0.4, -0.2) is 26.7 Å². The summed E-state index contributed by atoms with van der Waals surface area (Å²) in [6, 6.07) is 2.18. The molecule has 0 aromatic heterocycles. The highest BCUT2D eigenvalue weighted by Crippen LogP contribution is 2.28. The molecule has 1 aromatic rings. The van der Waals surface area contributed by atoms with Crippen LogP contribution < -0.4 is 15.4 Å². The largest absolute Gasteiger partial charge is 0.494 e. The molecule has 1 atom stereocenters. The molecule has 0 bridgehead atoms. The second-order valence-electron chi connectivity index (χ2n) is 3.69. The Bertz CT molecular complexity index is 378. The highest BCUT2D eigenvalue weighted by atomic mass is 19.1. The summed E-state index contributed by atoms with van der Waals surface area (Å²) in [6.07, 6.45) is 0. The van der Waals surface area contributed by atoms with Crippen LogP contribution in [0.25, 0.3) is 0 Å². The second kappa shape index (κ2) is 4.76. The lowest BCUT2D eigenvalue weighted by atomic mass is 10.0. The van der Waals surface area contributed by atoms with Gasteiger partial charge in [0, 0.05) is 25.2 Å². The van der Waals surface area contributed by atoms with E-state index in [9.17, 15) is 8.78 Å². The Morgan fingerprint density at radius 3 is 2.75 bits per heavy atom. The Labute approximate surface area is 92.8 Å². The number of rotatable bonds is 2. The van der Waals surface area contributed by atoms with Gasteiger partial charge in [0.25, 0.3) is 0 Å². The fourth-order valence-electron chi connectivity index (χ4n) is 1.88. The third-order valence-electron chi connectivity index (χ3n) is 2.70. The Kier molecular flexibility index (Phi) is 3.36. The molecule has 5 heteroatoms. The summed E-state index contributed by atoms with van der Waals surface area (Å²) in [5.41, 5.74) is 0.0477. The SMILES string of the molecule is COc1ccc(F)c([C@H]2CNCCN2)c1F. The first-order valence-corrected chi connectivity index (χ1v) is 5.20. The van der Waals surface area contributed by atoms with E-state index in [-0.39, 0.29) is 17.4 Å². The maximum Gasteiger partial charge on any atom is 0.172 e. The van der Waals surface area contributed by atoms with E-state index in [4.69, 9.17) is 4.74 Å². The molecule has 0 amide bonds. The van der Waals surface area contributed by atoms with Crippen LogP contribution in [0.2, 0.25) is 0 Å². The minimum Gasteiger partial charge on any atom is -0.494 e. The van der Waals surface area contributed by atoms with Crippen molar-refractivity contribution in [3.8, 4) is 5.75 Å². The quantitative estimate of drug-likeness (QED) is 0.798. The molecule has 1 aliphatic rings. The predicted octanol–water partition coefficient (Wildman–Crippen LogP) is 1.21. The van der Waals surface area contributed by atoms with Crippen LogP contribution in [0, 0.1) is 11.6 Å². The van der Waals surface area contributed by atoms with Crippen LogP contribution in [0.4, 0.5) is 8.78 Å². The molecule has 3 nitrogen and oxygen atoms in total. The summed E-state index contributed by atoms with van der Waals surface area (Å²) in [6.45, 7) is 2.02. The molecule has 1 saturated heterocycles. The van der Waals surface area contributed by atoms with Crippen molar-refractivity contribution in [2.24, 2.45) is 0 Å². The summed E-state index contributed by atoms with van der Waals surface area (Å²) in [5, 5.41) is 6.16. The number of benzene rings is 1. The second-order valence-corrected chi connectivity index (χ2v) is 3.69. The van der Waals surface area contributed by atoms with Gasteiger partial charge < -0.3 is 15.4 Å². The molecule has 16 heavy (non-hydrogen) atoms. The van der Waals surface area contributed by atoms with Crippen LogP contribution in [0.5, 0.6) is 5.75 Å². The van der Waals surface area contributed by atoms with Gasteiger partial charge in [0.05, 0.1) is 13.2 Å². The van der Waals surface area contributed by atoms with Crippen molar-refractivity contribution >= 4 is 0 Å². The van der Waals surface area contributed by atoms with E-state index in [0.29, 0.717) is 13.1 Å². The fraction of sp³-hybridized carbons (Fsp3) is 0.455. The molecule has 0 unspecified atom stereocenters. The monoisotopic (exact) mass is 228 g/mol. The standard InChI is InChI=1S/C11H14F2N2O/c1-16-9-3-2-7(12)10(11(9)13)8-6-14-4-5-15-8/h2-3,8,14-15H,4-6H2,1H3/t8-/m1/s1. The Balaban J connectivity index is 2.37. The third-order valence-corrected chi connectivity index (χ3v) is 2.70. The highest BCUT2D eigenvalue weighted by molar-refractivity contribution is 5.34. The number of piperazine rings is 1. The normalized spacial score (nSPS) is 20.8. The summed E-state index contributed by atoms with van der Waals surface area (Å²) in [4.78, 5) is 0. The van der Waals surface area contributed by atoms with Gasteiger partial charge in [-0.05, 0) is 12.1 Å². The summed E-state index contributed by atoms with van der Waals surface area (Å²) in [7, 11) is 1.37. The molecule has 88 valence electrons. The van der Waals surface area contributed by atoms with Gasteiger partial charge in [-0.1, -0.05) is 0 Å². The number of hydrogen-bond donors (Lipinski definition) is 2. The minimum atomic E-state index is -0.622. The van der Waals surface area contributed by atoms with Crippen LogP contribution >= 0.6 is 0 Å². The van der Waals surface area contributed by atoms with E-state index >= 15 is 0 Å². The number of hydrogen-bond acceptors (Lipinski definition) is 3. The van der Waals surface area contributed by atoms with Crippen LogP contribution in [0.3, 0.4) is 0 Å². The van der Waals surface area contributed by atoms with Crippen molar-refractivity contribution in [3.63, 3.8) is 0 Å². The van der Waals surface area contributed by atoms with Gasteiger partial charge in [-0.2, -0.15) is 0 Å². The zero-order chi connectivity index (χ0) is 11.5. The average Bonchev–Trinajstić information content (AvgIpc) is 2.31. The van der Waals surface area contributed by atoms with Crippen molar-refractivity contribution in [1.29, 1.82) is 0 Å². The molecule has 0 spiro atoms. The van der Waals surface area contributed by atoms with E-state index in [1.54, 1.807) is 0 Å². The van der Waals surface area contributed by atoms with Crippen molar-refractivity contribution < 1.29 is 13.5 Å². The molecule has 1 heterocycles. The molecular weight excluding hydrogens is 214 g/mol. The lowest BCUT2D eigenvalue weighted by molar-refractivity contribution is 0.362. The van der Waals surface area contributed by atoms with E-state index in [1.807, 2.05) is 0 Å². The van der Waals surface area contributed by atoms with Gasteiger partial charge in [-0.3, -0.25) is 0 Å². The Hall–Kier alpha value is -1.20. The molecule has 2 rings (SSSR count). The number of methoxy groups -OCH3 is 1. The molecule has 2 N–H and O–H groups in total. The fourth-order valence-corrected chi connectivity index (χ4v) is 1.88. The highest BCUT2D eigenvalue weighted by Gasteiger charge is 2.24. The first kappa shape index (κ1) is 11.3. The molecule has 0 aliphatic carbocycles. The van der Waals surface area contributed by atoms with Gasteiger partial charge >= 0.3 is 0 Å². The summed E-state index contributed by atoms with van der Waals surface area (Å²) in [5.74, 6) is -1.09. The topological polar surface area (TPSA) is 33.3 Å². The molecule has 0 saturated carbocycles. The van der Waals surface area contributed by atoms with Crippen LogP contribution in [0.1, 0.15) is 11.6 Å². The first-order chi connectivity index (χ1) is 7.74. The zero-order valence-corrected chi connectivity index (χ0v) is 9.02. The lowest BCUT2D eigenvalue weighted by Gasteiger charge is -2.25. The summed E-state index contributed by atoms with van der Waals surface area (Å²) < 4.78 is 32.3. The third kappa shape index (κ3) is 2.01. The van der Waals surface area contributed by atoms with E-state index in [0.717, 1.165) is 6.54 Å².